The van der Waals surface area contributed by atoms with Crippen molar-refractivity contribution in [2.45, 2.75) is 57.5 Å². The standard InChI is InChI=1S/C26H29N5O2/c1-17(2)31-16-27-24(29-31)22-15-30(26(33)18-8-4-3-5-9-18)23-13-12-19(14-21(22)23)25(32)28-20-10-6-7-11-20/h3-5,8-9,12-14,16-17,20,22H,6-7,10-11,15H2,1-2H3,(H,28,32). The Labute approximate surface area is 193 Å². The summed E-state index contributed by atoms with van der Waals surface area (Å²) in [5.74, 6) is 0.358. The molecule has 1 aliphatic carbocycles. The van der Waals surface area contributed by atoms with E-state index in [0.717, 1.165) is 36.9 Å². The van der Waals surface area contributed by atoms with E-state index in [1.165, 1.54) is 0 Å². The highest BCUT2D eigenvalue weighted by Crippen LogP contribution is 2.40. The molecule has 0 saturated heterocycles. The van der Waals surface area contributed by atoms with Crippen molar-refractivity contribution in [3.63, 3.8) is 0 Å². The van der Waals surface area contributed by atoms with Gasteiger partial charge in [0, 0.05) is 35.4 Å². The van der Waals surface area contributed by atoms with Crippen LogP contribution in [0.4, 0.5) is 5.69 Å². The number of hydrogen-bond donors (Lipinski definition) is 1. The van der Waals surface area contributed by atoms with Gasteiger partial charge in [-0.1, -0.05) is 31.0 Å². The van der Waals surface area contributed by atoms with E-state index >= 15 is 0 Å². The molecule has 33 heavy (non-hydrogen) atoms. The Morgan fingerprint density at radius 2 is 1.79 bits per heavy atom. The monoisotopic (exact) mass is 443 g/mol. The highest BCUT2D eigenvalue weighted by Gasteiger charge is 2.36. The van der Waals surface area contributed by atoms with Gasteiger partial charge in [-0.3, -0.25) is 14.3 Å². The molecule has 0 bridgehead atoms. The minimum Gasteiger partial charge on any atom is -0.349 e. The molecule has 5 rings (SSSR count). The van der Waals surface area contributed by atoms with Crippen LogP contribution in [-0.4, -0.2) is 39.2 Å². The van der Waals surface area contributed by atoms with Crippen LogP contribution in [0.15, 0.2) is 54.9 Å². The van der Waals surface area contributed by atoms with Crippen molar-refractivity contribution in [1.82, 2.24) is 20.1 Å². The van der Waals surface area contributed by atoms with E-state index in [-0.39, 0.29) is 29.8 Å². The number of aromatic nitrogens is 3. The summed E-state index contributed by atoms with van der Waals surface area (Å²) < 4.78 is 1.83. The Morgan fingerprint density at radius 3 is 2.48 bits per heavy atom. The number of anilines is 1. The van der Waals surface area contributed by atoms with Crippen LogP contribution < -0.4 is 10.2 Å². The van der Waals surface area contributed by atoms with Crippen LogP contribution in [0.25, 0.3) is 0 Å². The molecule has 0 radical (unpaired) electrons. The van der Waals surface area contributed by atoms with Gasteiger partial charge in [-0.15, -0.1) is 0 Å². The van der Waals surface area contributed by atoms with E-state index in [9.17, 15) is 9.59 Å². The van der Waals surface area contributed by atoms with Gasteiger partial charge in [-0.2, -0.15) is 5.10 Å². The van der Waals surface area contributed by atoms with E-state index in [2.05, 4.69) is 29.2 Å². The summed E-state index contributed by atoms with van der Waals surface area (Å²) in [6, 6.07) is 15.3. The average Bonchev–Trinajstić information content (AvgIpc) is 3.58. The fourth-order valence-corrected chi connectivity index (χ4v) is 4.79. The minimum absolute atomic E-state index is 0.0584. The number of nitrogens with zero attached hydrogens (tertiary/aromatic N) is 4. The predicted octanol–water partition coefficient (Wildman–Crippen LogP) is 4.32. The summed E-state index contributed by atoms with van der Waals surface area (Å²) in [7, 11) is 0. The third-order valence-corrected chi connectivity index (χ3v) is 6.64. The molecule has 1 aliphatic heterocycles. The first-order valence-electron chi connectivity index (χ1n) is 11.7. The molecular weight excluding hydrogens is 414 g/mol. The summed E-state index contributed by atoms with van der Waals surface area (Å²) in [6.45, 7) is 4.55. The van der Waals surface area contributed by atoms with Crippen molar-refractivity contribution < 1.29 is 9.59 Å². The maximum Gasteiger partial charge on any atom is 0.258 e. The third-order valence-electron chi connectivity index (χ3n) is 6.64. The van der Waals surface area contributed by atoms with Crippen molar-refractivity contribution >= 4 is 17.5 Å². The zero-order valence-electron chi connectivity index (χ0n) is 19.1. The van der Waals surface area contributed by atoms with Crippen LogP contribution in [0.5, 0.6) is 0 Å². The zero-order chi connectivity index (χ0) is 22.9. The van der Waals surface area contributed by atoms with E-state index in [0.29, 0.717) is 23.5 Å². The predicted molar refractivity (Wildman–Crippen MR) is 127 cm³/mol. The topological polar surface area (TPSA) is 80.1 Å². The van der Waals surface area contributed by atoms with Gasteiger partial charge in [-0.25, -0.2) is 4.98 Å². The Bertz CT molecular complexity index is 1160. The van der Waals surface area contributed by atoms with Crippen molar-refractivity contribution in [1.29, 1.82) is 0 Å². The van der Waals surface area contributed by atoms with Crippen LogP contribution in [0.3, 0.4) is 0 Å². The van der Waals surface area contributed by atoms with Gasteiger partial charge in [0.15, 0.2) is 5.82 Å². The molecule has 1 atom stereocenters. The highest BCUT2D eigenvalue weighted by atomic mass is 16.2. The summed E-state index contributed by atoms with van der Waals surface area (Å²) in [5.41, 5.74) is 2.97. The number of hydrogen-bond acceptors (Lipinski definition) is 4. The van der Waals surface area contributed by atoms with E-state index < -0.39 is 0 Å². The number of nitrogens with one attached hydrogen (secondary N) is 1. The summed E-state index contributed by atoms with van der Waals surface area (Å²) >= 11 is 0. The van der Waals surface area contributed by atoms with Crippen LogP contribution >= 0.6 is 0 Å². The Kier molecular flexibility index (Phi) is 5.70. The second-order valence-electron chi connectivity index (χ2n) is 9.24. The number of rotatable bonds is 5. The summed E-state index contributed by atoms with van der Waals surface area (Å²) in [5, 5.41) is 7.85. The lowest BCUT2D eigenvalue weighted by Gasteiger charge is -2.18. The molecule has 1 fully saturated rings. The highest BCUT2D eigenvalue weighted by molar-refractivity contribution is 6.08. The van der Waals surface area contributed by atoms with Gasteiger partial charge in [0.05, 0.1) is 5.92 Å². The first-order valence-corrected chi connectivity index (χ1v) is 11.7. The number of carbonyl (C=O) groups is 2. The molecule has 2 heterocycles. The van der Waals surface area contributed by atoms with E-state index in [4.69, 9.17) is 0 Å². The molecule has 7 nitrogen and oxygen atoms in total. The number of amides is 2. The fourth-order valence-electron chi connectivity index (χ4n) is 4.79. The smallest absolute Gasteiger partial charge is 0.258 e. The molecule has 7 heteroatoms. The van der Waals surface area contributed by atoms with Crippen molar-refractivity contribution in [3.8, 4) is 0 Å². The first kappa shape index (κ1) is 21.4. The average molecular weight is 444 g/mol. The van der Waals surface area contributed by atoms with Gasteiger partial charge in [0.2, 0.25) is 0 Å². The second kappa shape index (κ2) is 8.81. The number of benzene rings is 2. The lowest BCUT2D eigenvalue weighted by Crippen LogP contribution is -2.32. The lowest BCUT2D eigenvalue weighted by molar-refractivity contribution is 0.0936. The second-order valence-corrected chi connectivity index (χ2v) is 9.24. The molecule has 2 amide bonds. The number of carbonyl (C=O) groups excluding carboxylic acids is 2. The third kappa shape index (κ3) is 4.15. The SMILES string of the molecule is CC(C)n1cnc(C2CN(C(=O)c3ccccc3)c3ccc(C(=O)NC4CCCC4)cc32)n1. The van der Waals surface area contributed by atoms with Crippen LogP contribution in [0, 0.1) is 0 Å². The lowest BCUT2D eigenvalue weighted by atomic mass is 9.98. The van der Waals surface area contributed by atoms with Crippen LogP contribution in [0.1, 0.15) is 83.6 Å². The van der Waals surface area contributed by atoms with Crippen LogP contribution in [-0.2, 0) is 0 Å². The Hall–Kier alpha value is -3.48. The molecule has 170 valence electrons. The maximum absolute atomic E-state index is 13.3. The Morgan fingerprint density at radius 1 is 1.03 bits per heavy atom. The van der Waals surface area contributed by atoms with E-state index in [1.807, 2.05) is 53.2 Å². The van der Waals surface area contributed by atoms with Gasteiger partial charge in [0.1, 0.15) is 6.33 Å². The maximum atomic E-state index is 13.3. The fraction of sp³-hybridized carbons (Fsp3) is 0.385. The molecule has 1 saturated carbocycles. The molecule has 1 N–H and O–H groups in total. The zero-order valence-corrected chi connectivity index (χ0v) is 19.1. The van der Waals surface area contributed by atoms with Crippen molar-refractivity contribution in [3.05, 3.63) is 77.4 Å². The summed E-state index contributed by atoms with van der Waals surface area (Å²) in [4.78, 5) is 32.6. The molecule has 3 aromatic rings. The Balaban J connectivity index is 1.50. The first-order chi connectivity index (χ1) is 16.0. The normalized spacial score (nSPS) is 18.0. The van der Waals surface area contributed by atoms with Crippen molar-refractivity contribution in [2.24, 2.45) is 0 Å². The largest absolute Gasteiger partial charge is 0.349 e. The number of fused-ring (bicyclic) bond motifs is 1. The minimum atomic E-state index is -0.188. The molecule has 1 unspecified atom stereocenters. The molecule has 0 spiro atoms. The van der Waals surface area contributed by atoms with Gasteiger partial charge < -0.3 is 10.2 Å². The molecular formula is C26H29N5O2. The quantitative estimate of drug-likeness (QED) is 0.637. The summed E-state index contributed by atoms with van der Waals surface area (Å²) in [6.07, 6.45) is 6.14. The van der Waals surface area contributed by atoms with Gasteiger partial charge in [-0.05, 0) is 62.6 Å². The molecule has 2 aliphatic rings. The van der Waals surface area contributed by atoms with E-state index in [1.54, 1.807) is 11.2 Å². The van der Waals surface area contributed by atoms with Gasteiger partial charge >= 0.3 is 0 Å². The van der Waals surface area contributed by atoms with Crippen LogP contribution in [0.2, 0.25) is 0 Å². The molecule has 2 aromatic carbocycles. The van der Waals surface area contributed by atoms with Gasteiger partial charge in [0.25, 0.3) is 11.8 Å². The molecule has 1 aromatic heterocycles. The van der Waals surface area contributed by atoms with Crippen molar-refractivity contribution in [2.75, 3.05) is 11.4 Å².